The topological polar surface area (TPSA) is 70.9 Å². The summed E-state index contributed by atoms with van der Waals surface area (Å²) in [7, 11) is 0. The fourth-order valence-corrected chi connectivity index (χ4v) is 1.14. The zero-order valence-corrected chi connectivity index (χ0v) is 7.01. The predicted octanol–water partition coefficient (Wildman–Crippen LogP) is 0.734. The lowest BCUT2D eigenvalue weighted by Crippen LogP contribution is -2.18. The molecule has 0 aliphatic carbocycles. The lowest BCUT2D eigenvalue weighted by molar-refractivity contribution is -0.134. The fraction of sp³-hybridized carbons (Fsp3) is 0. The quantitative estimate of drug-likeness (QED) is 0.482. The van der Waals surface area contributed by atoms with Gasteiger partial charge in [0.25, 0.3) is 0 Å². The van der Waals surface area contributed by atoms with Crippen LogP contribution in [-0.4, -0.2) is 17.4 Å². The third-order valence-electron chi connectivity index (χ3n) is 1.78. The fourth-order valence-electron chi connectivity index (χ4n) is 1.14. The highest BCUT2D eigenvalue weighted by Gasteiger charge is 2.29. The average Bonchev–Trinajstić information content (AvgIpc) is 2.61. The zero-order chi connectivity index (χ0) is 9.97. The lowest BCUT2D eigenvalue weighted by atomic mass is 10.1. The second-order valence-electron chi connectivity index (χ2n) is 2.62. The summed E-state index contributed by atoms with van der Waals surface area (Å²) in [5.41, 5.74) is 0.537. The predicted molar refractivity (Wildman–Crippen MR) is 47.2 cm³/mol. The van der Waals surface area contributed by atoms with Gasteiger partial charge in [-0.25, -0.2) is 4.79 Å². The van der Waals surface area contributed by atoms with Gasteiger partial charge in [-0.3, -0.25) is 0 Å². The van der Waals surface area contributed by atoms with Gasteiger partial charge in [-0.05, 0) is 5.16 Å². The molecule has 0 fully saturated rings. The molecule has 0 saturated carbocycles. The Balaban J connectivity index is 2.42. The van der Waals surface area contributed by atoms with Crippen molar-refractivity contribution in [2.75, 3.05) is 0 Å². The number of oxime groups is 1. The maximum atomic E-state index is 10.9. The van der Waals surface area contributed by atoms with Crippen LogP contribution in [0.1, 0.15) is 5.56 Å². The molecular formula is C9H5N2O3. The second-order valence-corrected chi connectivity index (χ2v) is 2.62. The van der Waals surface area contributed by atoms with Gasteiger partial charge >= 0.3 is 5.97 Å². The Morgan fingerprint density at radius 2 is 1.93 bits per heavy atom. The minimum atomic E-state index is -0.807. The van der Waals surface area contributed by atoms with Crippen molar-refractivity contribution in [1.82, 2.24) is 0 Å². The maximum Gasteiger partial charge on any atom is 0.389 e. The van der Waals surface area contributed by atoms with Crippen molar-refractivity contribution in [1.29, 1.82) is 0 Å². The van der Waals surface area contributed by atoms with Crippen LogP contribution in [0, 0.1) is 0 Å². The van der Waals surface area contributed by atoms with Gasteiger partial charge in [0.2, 0.25) is 5.71 Å². The van der Waals surface area contributed by atoms with E-state index in [1.165, 1.54) is 0 Å². The van der Waals surface area contributed by atoms with Gasteiger partial charge in [0.1, 0.15) is 5.71 Å². The van der Waals surface area contributed by atoms with Gasteiger partial charge in [0.05, 0.1) is 0 Å². The smallest absolute Gasteiger partial charge is 0.310 e. The molecule has 69 valence electrons. The van der Waals surface area contributed by atoms with Crippen LogP contribution in [0.5, 0.6) is 0 Å². The van der Waals surface area contributed by atoms with E-state index in [2.05, 4.69) is 15.1 Å². The molecule has 0 bridgehead atoms. The van der Waals surface area contributed by atoms with Crippen LogP contribution in [0.2, 0.25) is 0 Å². The number of carbonyl (C=O) groups is 1. The van der Waals surface area contributed by atoms with Crippen LogP contribution in [-0.2, 0) is 14.8 Å². The number of rotatable bonds is 1. The first-order valence-corrected chi connectivity index (χ1v) is 3.88. The van der Waals surface area contributed by atoms with Crippen LogP contribution in [0.25, 0.3) is 0 Å². The summed E-state index contributed by atoms with van der Waals surface area (Å²) in [5.74, 6) is -0.807. The summed E-state index contributed by atoms with van der Waals surface area (Å²) in [6, 6.07) is 8.78. The van der Waals surface area contributed by atoms with E-state index < -0.39 is 5.97 Å². The van der Waals surface area contributed by atoms with E-state index in [1.807, 2.05) is 6.07 Å². The Bertz CT molecular complexity index is 423. The lowest BCUT2D eigenvalue weighted by Gasteiger charge is -1.94. The monoisotopic (exact) mass is 189 g/mol. The van der Waals surface area contributed by atoms with Crippen molar-refractivity contribution < 1.29 is 14.8 Å². The molecule has 1 aliphatic heterocycles. The van der Waals surface area contributed by atoms with Gasteiger partial charge in [-0.1, -0.05) is 35.5 Å². The van der Waals surface area contributed by atoms with Crippen molar-refractivity contribution in [3.63, 3.8) is 0 Å². The Morgan fingerprint density at radius 1 is 1.21 bits per heavy atom. The van der Waals surface area contributed by atoms with Gasteiger partial charge in [0.15, 0.2) is 0 Å². The summed E-state index contributed by atoms with van der Waals surface area (Å²) in [5, 5.41) is 16.4. The third-order valence-corrected chi connectivity index (χ3v) is 1.78. The molecule has 0 atom stereocenters. The minimum Gasteiger partial charge on any atom is -0.310 e. The number of hydrogen-bond donors (Lipinski definition) is 0. The molecule has 14 heavy (non-hydrogen) atoms. The van der Waals surface area contributed by atoms with Gasteiger partial charge in [-0.2, -0.15) is 0 Å². The molecule has 1 radical (unpaired) electrons. The molecule has 1 aromatic rings. The van der Waals surface area contributed by atoms with Crippen LogP contribution in [0.4, 0.5) is 0 Å². The average molecular weight is 189 g/mol. The molecule has 0 spiro atoms. The summed E-state index contributed by atoms with van der Waals surface area (Å²) in [4.78, 5) is 15.3. The molecule has 0 aromatic heterocycles. The van der Waals surface area contributed by atoms with Crippen molar-refractivity contribution in [3.05, 3.63) is 35.9 Å². The zero-order valence-electron chi connectivity index (χ0n) is 7.01. The Labute approximate surface area is 79.3 Å². The Hall–Kier alpha value is -2.17. The van der Waals surface area contributed by atoms with E-state index in [9.17, 15) is 10.0 Å². The first-order valence-electron chi connectivity index (χ1n) is 3.88. The van der Waals surface area contributed by atoms with Crippen molar-refractivity contribution in [2.45, 2.75) is 0 Å². The van der Waals surface area contributed by atoms with Crippen LogP contribution >= 0.6 is 0 Å². The summed E-state index contributed by atoms with van der Waals surface area (Å²) in [6.07, 6.45) is 0. The van der Waals surface area contributed by atoms with Crippen molar-refractivity contribution >= 4 is 17.4 Å². The van der Waals surface area contributed by atoms with E-state index >= 15 is 0 Å². The van der Waals surface area contributed by atoms with E-state index in [4.69, 9.17) is 0 Å². The molecule has 0 amide bonds. The summed E-state index contributed by atoms with van der Waals surface area (Å²) in [6.45, 7) is 0. The summed E-state index contributed by atoms with van der Waals surface area (Å²) >= 11 is 0. The van der Waals surface area contributed by atoms with Crippen molar-refractivity contribution in [3.8, 4) is 0 Å². The Morgan fingerprint density at radius 3 is 2.57 bits per heavy atom. The highest BCUT2D eigenvalue weighted by Crippen LogP contribution is 2.09. The van der Waals surface area contributed by atoms with Gasteiger partial charge < -0.3 is 4.84 Å². The normalized spacial score (nSPS) is 18.1. The largest absolute Gasteiger partial charge is 0.389 e. The molecule has 5 heteroatoms. The first-order chi connectivity index (χ1) is 6.83. The third kappa shape index (κ3) is 1.24. The van der Waals surface area contributed by atoms with Crippen LogP contribution < -0.4 is 0 Å². The maximum absolute atomic E-state index is 10.9. The number of nitrogens with zero attached hydrogens (tertiary/aromatic N) is 2. The molecule has 0 saturated heterocycles. The molecule has 1 aromatic carbocycles. The van der Waals surface area contributed by atoms with Gasteiger partial charge in [-0.15, -0.1) is 5.21 Å². The molecule has 1 aliphatic rings. The molecule has 1 heterocycles. The second kappa shape index (κ2) is 3.29. The van der Waals surface area contributed by atoms with Crippen molar-refractivity contribution in [2.24, 2.45) is 10.3 Å². The number of benzene rings is 1. The van der Waals surface area contributed by atoms with E-state index in [1.54, 1.807) is 24.3 Å². The minimum absolute atomic E-state index is 0.186. The SMILES string of the molecule is [O]/N=C1/C(=O)ON=C1c1ccccc1. The molecular weight excluding hydrogens is 184 g/mol. The molecule has 0 N–H and O–H groups in total. The standard InChI is InChI=1S/C9H5N2O3/c12-9-8(10-13)7(11-14-9)6-4-2-1-3-5-6/h1-5H/b10-8+. The van der Waals surface area contributed by atoms with E-state index in [-0.39, 0.29) is 11.4 Å². The number of hydrogen-bond acceptors (Lipinski definition) is 4. The molecule has 5 nitrogen and oxygen atoms in total. The Kier molecular flexibility index (Phi) is 1.98. The molecule has 2 rings (SSSR count). The van der Waals surface area contributed by atoms with Gasteiger partial charge in [0, 0.05) is 5.56 Å². The van der Waals surface area contributed by atoms with E-state index in [0.29, 0.717) is 5.56 Å². The summed E-state index contributed by atoms with van der Waals surface area (Å²) < 4.78 is 0. The number of carbonyl (C=O) groups excluding carboxylic acids is 1. The first kappa shape index (κ1) is 8.43. The van der Waals surface area contributed by atoms with Crippen LogP contribution in [0.3, 0.4) is 0 Å². The van der Waals surface area contributed by atoms with Crippen LogP contribution in [0.15, 0.2) is 40.6 Å². The highest BCUT2D eigenvalue weighted by molar-refractivity contribution is 6.70. The highest BCUT2D eigenvalue weighted by atomic mass is 16.7. The van der Waals surface area contributed by atoms with E-state index in [0.717, 1.165) is 0 Å². The molecule has 0 unspecified atom stereocenters.